The lowest BCUT2D eigenvalue weighted by Gasteiger charge is -2.50. The van der Waals surface area contributed by atoms with Crippen LogP contribution in [0.1, 0.15) is 149 Å². The van der Waals surface area contributed by atoms with Crippen LogP contribution in [0.4, 0.5) is 22.7 Å². The Balaban J connectivity index is 1.39. The van der Waals surface area contributed by atoms with Crippen molar-refractivity contribution in [3.8, 4) is 11.1 Å². The smallest absolute Gasteiger partial charge is 0.227 e. The third-order valence-corrected chi connectivity index (χ3v) is 16.6. The molecular weight excluding hydrogens is 780 g/mol. The molecule has 2 unspecified atom stereocenters. The average Bonchev–Trinajstić information content (AvgIpc) is 3.59. The van der Waals surface area contributed by atoms with Crippen LogP contribution in [-0.2, 0) is 21.7 Å². The molecule has 0 spiro atoms. The molecule has 63 heavy (non-hydrogen) atoms. The molecule has 5 aromatic carbocycles. The highest BCUT2D eigenvalue weighted by Crippen LogP contribution is 2.57. The van der Waals surface area contributed by atoms with Gasteiger partial charge in [0, 0.05) is 40.0 Å². The van der Waals surface area contributed by atoms with Gasteiger partial charge in [0.25, 0.3) is 0 Å². The molecule has 0 radical (unpaired) electrons. The fraction of sp³-hybridized carbons (Fsp3) is 0.424. The zero-order valence-corrected chi connectivity index (χ0v) is 41.9. The molecule has 1 aliphatic carbocycles. The maximum Gasteiger partial charge on any atom is 0.227 e. The number of fused-ring (bicyclic) bond motifs is 7. The topological polar surface area (TPSA) is 6.48 Å². The van der Waals surface area contributed by atoms with Crippen LogP contribution in [0.5, 0.6) is 0 Å². The second-order valence-electron chi connectivity index (χ2n) is 23.7. The molecule has 5 aromatic rings. The van der Waals surface area contributed by atoms with Crippen LogP contribution in [0.25, 0.3) is 11.1 Å². The van der Waals surface area contributed by atoms with Crippen molar-refractivity contribution in [2.45, 2.75) is 154 Å². The van der Waals surface area contributed by atoms with E-state index in [1.54, 1.807) is 5.56 Å². The molecule has 0 saturated carbocycles. The summed E-state index contributed by atoms with van der Waals surface area (Å²) in [6, 6.07) is 36.6. The fourth-order valence-electron chi connectivity index (χ4n) is 11.3. The van der Waals surface area contributed by atoms with Crippen molar-refractivity contribution < 1.29 is 0 Å². The fourth-order valence-corrected chi connectivity index (χ4v) is 12.8. The van der Waals surface area contributed by atoms with Crippen molar-refractivity contribution >= 4 is 52.1 Å². The highest BCUT2D eigenvalue weighted by molar-refractivity contribution is 8.00. The summed E-state index contributed by atoms with van der Waals surface area (Å²) in [7, 11) is 0. The summed E-state index contributed by atoms with van der Waals surface area (Å²) >= 11 is 2.09. The Morgan fingerprint density at radius 3 is 1.97 bits per heavy atom. The van der Waals surface area contributed by atoms with Crippen LogP contribution < -0.4 is 20.7 Å². The number of aryl methyl sites for hydroxylation is 1. The minimum atomic E-state index is 0.0432. The van der Waals surface area contributed by atoms with Crippen molar-refractivity contribution in [3.05, 3.63) is 148 Å². The average molecular weight is 851 g/mol. The van der Waals surface area contributed by atoms with Gasteiger partial charge < -0.3 is 9.80 Å². The molecule has 0 saturated heterocycles. The van der Waals surface area contributed by atoms with Gasteiger partial charge in [0.2, 0.25) is 6.71 Å². The normalized spacial score (nSPS) is 20.0. The van der Waals surface area contributed by atoms with E-state index >= 15 is 0 Å². The number of benzene rings is 5. The Kier molecular flexibility index (Phi) is 10.5. The number of thioether (sulfide) groups is 1. The summed E-state index contributed by atoms with van der Waals surface area (Å²) in [5.74, 6) is 0.245. The number of hydrogen-bond acceptors (Lipinski definition) is 3. The summed E-state index contributed by atoms with van der Waals surface area (Å²) in [5, 5.41) is 0.178. The van der Waals surface area contributed by atoms with Crippen molar-refractivity contribution in [1.29, 1.82) is 0 Å². The molecule has 3 aliphatic heterocycles. The minimum Gasteiger partial charge on any atom is -0.338 e. The molecule has 326 valence electrons. The third kappa shape index (κ3) is 7.45. The van der Waals surface area contributed by atoms with Gasteiger partial charge in [0.1, 0.15) is 0 Å². The maximum atomic E-state index is 2.76. The van der Waals surface area contributed by atoms with Gasteiger partial charge >= 0.3 is 0 Å². The number of anilines is 4. The third-order valence-electron chi connectivity index (χ3n) is 15.3. The monoisotopic (exact) mass is 851 g/mol. The first kappa shape index (κ1) is 43.8. The summed E-state index contributed by atoms with van der Waals surface area (Å²) in [5.41, 5.74) is 21.3. The van der Waals surface area contributed by atoms with E-state index < -0.39 is 0 Å². The lowest BCUT2D eigenvalue weighted by Crippen LogP contribution is -2.62. The van der Waals surface area contributed by atoms with Gasteiger partial charge in [-0.05, 0) is 151 Å². The predicted octanol–water partition coefficient (Wildman–Crippen LogP) is 15.1. The minimum absolute atomic E-state index is 0.0432. The molecule has 4 aliphatic rings. The van der Waals surface area contributed by atoms with Gasteiger partial charge in [0.15, 0.2) is 0 Å². The van der Waals surface area contributed by atoms with E-state index in [-0.39, 0.29) is 45.0 Å². The molecule has 9 rings (SSSR count). The number of rotatable bonds is 5. The molecule has 0 aromatic heterocycles. The summed E-state index contributed by atoms with van der Waals surface area (Å²) in [4.78, 5) is 6.90. The second-order valence-corrected chi connectivity index (χ2v) is 24.8. The van der Waals surface area contributed by atoms with Crippen molar-refractivity contribution in [2.24, 2.45) is 5.41 Å². The van der Waals surface area contributed by atoms with E-state index in [9.17, 15) is 0 Å². The zero-order chi connectivity index (χ0) is 45.2. The van der Waals surface area contributed by atoms with Crippen LogP contribution in [-0.4, -0.2) is 18.6 Å². The zero-order valence-electron chi connectivity index (χ0n) is 41.0. The van der Waals surface area contributed by atoms with Crippen molar-refractivity contribution in [1.82, 2.24) is 0 Å². The highest BCUT2D eigenvalue weighted by Gasteiger charge is 2.55. The van der Waals surface area contributed by atoms with Crippen LogP contribution in [0.3, 0.4) is 0 Å². The number of nitrogens with zero attached hydrogens (tertiary/aromatic N) is 2. The Morgan fingerprint density at radius 2 is 1.35 bits per heavy atom. The van der Waals surface area contributed by atoms with Gasteiger partial charge in [0.05, 0.1) is 5.37 Å². The standard InChI is InChI=1S/C59H71BN2S/c1-16-39(55(3,4)5)21-19-31-61-48-36-46-45(58(12,13)29-30-59(46,14)15)35-47(48)60-52-44-34-41(57(9,10)11)25-28-51(44)63-54(52)62(42-26-23-40(24-27-42)56(6,7)8)50-33-38(32-49(61)53(50)60)43-22-18-17-20-37(43)2/h16-28,32-36,52,54H,29-31H2,1-15H3/b21-19-,39-16+. The predicted molar refractivity (Wildman–Crippen MR) is 278 cm³/mol. The van der Waals surface area contributed by atoms with Crippen LogP contribution in [0, 0.1) is 12.3 Å². The SMILES string of the molecule is C/C=C(\C=C/CN1c2cc3c(cc2B2c4c1cc(-c1ccccc1C)cc4N(c1ccc(C(C)(C)C)cc1)C1Sc4ccc(C(C)(C)C)cc4C21)C(C)(C)CCC3(C)C)C(C)(C)C. The number of allylic oxidation sites excluding steroid dienone is 3. The Labute approximate surface area is 385 Å². The second kappa shape index (κ2) is 15.1. The maximum absolute atomic E-state index is 2.76. The van der Waals surface area contributed by atoms with Gasteiger partial charge in [-0.2, -0.15) is 0 Å². The quantitative estimate of drug-likeness (QED) is 0.128. The van der Waals surface area contributed by atoms with Crippen molar-refractivity contribution in [2.75, 3.05) is 16.3 Å². The molecular formula is C59H71BN2S. The van der Waals surface area contributed by atoms with E-state index in [1.807, 2.05) is 0 Å². The summed E-state index contributed by atoms with van der Waals surface area (Å²) in [6.45, 7) is 36.5. The Morgan fingerprint density at radius 1 is 0.730 bits per heavy atom. The van der Waals surface area contributed by atoms with E-state index in [2.05, 4.69) is 235 Å². The van der Waals surface area contributed by atoms with Crippen LogP contribution >= 0.6 is 11.8 Å². The molecule has 0 amide bonds. The van der Waals surface area contributed by atoms with Gasteiger partial charge in [-0.1, -0.05) is 163 Å². The first-order valence-corrected chi connectivity index (χ1v) is 24.6. The molecule has 0 fully saturated rings. The molecule has 0 N–H and O–H groups in total. The Hall–Kier alpha value is -4.41. The van der Waals surface area contributed by atoms with Gasteiger partial charge in [-0.25, -0.2) is 0 Å². The van der Waals surface area contributed by atoms with Crippen molar-refractivity contribution in [3.63, 3.8) is 0 Å². The molecule has 2 nitrogen and oxygen atoms in total. The molecule has 3 heterocycles. The van der Waals surface area contributed by atoms with E-state index in [0.29, 0.717) is 0 Å². The first-order valence-electron chi connectivity index (χ1n) is 23.7. The lowest BCUT2D eigenvalue weighted by molar-refractivity contribution is 0.332. The van der Waals surface area contributed by atoms with Crippen LogP contribution in [0.2, 0.25) is 0 Å². The van der Waals surface area contributed by atoms with E-state index in [4.69, 9.17) is 0 Å². The first-order chi connectivity index (χ1) is 29.5. The van der Waals surface area contributed by atoms with Gasteiger partial charge in [-0.3, -0.25) is 0 Å². The molecule has 2 atom stereocenters. The van der Waals surface area contributed by atoms with E-state index in [1.165, 1.54) is 95.9 Å². The number of hydrogen-bond donors (Lipinski definition) is 0. The lowest BCUT2D eigenvalue weighted by atomic mass is 9.29. The van der Waals surface area contributed by atoms with Gasteiger partial charge in [-0.15, -0.1) is 11.8 Å². The van der Waals surface area contributed by atoms with E-state index in [0.717, 1.165) is 6.54 Å². The molecule has 4 heteroatoms. The Bertz CT molecular complexity index is 2670. The summed E-state index contributed by atoms with van der Waals surface area (Å²) in [6.07, 6.45) is 9.52. The van der Waals surface area contributed by atoms with Crippen LogP contribution in [0.15, 0.2) is 120 Å². The highest BCUT2D eigenvalue weighted by atomic mass is 32.2. The summed E-state index contributed by atoms with van der Waals surface area (Å²) < 4.78 is 0. The largest absolute Gasteiger partial charge is 0.338 e. The molecule has 0 bridgehead atoms.